The van der Waals surface area contributed by atoms with Crippen molar-refractivity contribution in [1.82, 2.24) is 0 Å². The second-order valence-corrected chi connectivity index (χ2v) is 7.44. The minimum atomic E-state index is -1.56. The Labute approximate surface area is 165 Å². The van der Waals surface area contributed by atoms with E-state index < -0.39 is 5.60 Å². The van der Waals surface area contributed by atoms with Gasteiger partial charge in [-0.25, -0.2) is 0 Å². The van der Waals surface area contributed by atoms with Crippen LogP contribution in [0.3, 0.4) is 0 Å². The second-order valence-electron chi connectivity index (χ2n) is 7.44. The van der Waals surface area contributed by atoms with Crippen molar-refractivity contribution in [2.75, 3.05) is 4.90 Å². The molecule has 3 aromatic rings. The molecule has 0 saturated heterocycles. The highest BCUT2D eigenvalue weighted by atomic mass is 16.3. The number of anilines is 1. The molecule has 142 valence electrons. The normalized spacial score (nSPS) is 19.6. The topological polar surface area (TPSA) is 40.5 Å². The molecule has 0 bridgehead atoms. The molecule has 3 aromatic carbocycles. The molecule has 0 saturated carbocycles. The molecule has 3 nitrogen and oxygen atoms in total. The van der Waals surface area contributed by atoms with Crippen molar-refractivity contribution in [3.8, 4) is 0 Å². The highest BCUT2D eigenvalue weighted by Crippen LogP contribution is 2.47. The van der Waals surface area contributed by atoms with E-state index in [-0.39, 0.29) is 11.8 Å². The van der Waals surface area contributed by atoms with Gasteiger partial charge in [-0.15, -0.1) is 6.58 Å². The van der Waals surface area contributed by atoms with Gasteiger partial charge in [0.25, 0.3) is 5.91 Å². The van der Waals surface area contributed by atoms with Gasteiger partial charge in [0, 0.05) is 11.5 Å². The van der Waals surface area contributed by atoms with Gasteiger partial charge in [0.1, 0.15) is 0 Å². The number of fused-ring (bicyclic) bond motifs is 2. The van der Waals surface area contributed by atoms with Crippen molar-refractivity contribution in [1.29, 1.82) is 0 Å². The predicted molar refractivity (Wildman–Crippen MR) is 114 cm³/mol. The number of amides is 1. The van der Waals surface area contributed by atoms with Crippen LogP contribution < -0.4 is 4.90 Å². The number of para-hydroxylation sites is 1. The summed E-state index contributed by atoms with van der Waals surface area (Å²) in [5.74, 6) is -0.580. The molecule has 0 fully saturated rings. The fraction of sp³-hybridized carbons (Fsp3) is 0.240. The lowest BCUT2D eigenvalue weighted by Gasteiger charge is -2.30. The first kappa shape index (κ1) is 18.5. The van der Waals surface area contributed by atoms with Crippen molar-refractivity contribution in [2.45, 2.75) is 31.9 Å². The van der Waals surface area contributed by atoms with Crippen LogP contribution in [0.1, 0.15) is 30.9 Å². The summed E-state index contributed by atoms with van der Waals surface area (Å²) in [5, 5.41) is 13.9. The summed E-state index contributed by atoms with van der Waals surface area (Å²) in [6.45, 7) is 6.38. The number of rotatable bonds is 6. The number of carbonyl (C=O) groups is 1. The molecule has 4 rings (SSSR count). The van der Waals surface area contributed by atoms with Crippen LogP contribution in [0, 0.1) is 5.92 Å². The molecular formula is C25H25NO2. The Morgan fingerprint density at radius 1 is 1.07 bits per heavy atom. The molecule has 1 N–H and O–H groups in total. The lowest BCUT2D eigenvalue weighted by molar-refractivity contribution is -0.140. The maximum atomic E-state index is 13.5. The average molecular weight is 371 g/mol. The molecule has 1 aliphatic heterocycles. The van der Waals surface area contributed by atoms with Gasteiger partial charge in [-0.1, -0.05) is 80.1 Å². The Bertz CT molecular complexity index is 1040. The summed E-state index contributed by atoms with van der Waals surface area (Å²) in [6.07, 6.45) is 3.31. The zero-order valence-corrected chi connectivity index (χ0v) is 16.1. The first-order chi connectivity index (χ1) is 13.6. The molecule has 2 atom stereocenters. The second kappa shape index (κ2) is 7.25. The predicted octanol–water partition coefficient (Wildman–Crippen LogP) is 5.18. The van der Waals surface area contributed by atoms with E-state index in [1.807, 2.05) is 48.5 Å². The van der Waals surface area contributed by atoms with Crippen molar-refractivity contribution in [3.63, 3.8) is 0 Å². The first-order valence-electron chi connectivity index (χ1n) is 9.84. The van der Waals surface area contributed by atoms with Crippen molar-refractivity contribution < 1.29 is 9.90 Å². The molecule has 3 heteroatoms. The van der Waals surface area contributed by atoms with Crippen LogP contribution in [0.25, 0.3) is 10.8 Å². The lowest BCUT2D eigenvalue weighted by Crippen LogP contribution is -2.45. The highest BCUT2D eigenvalue weighted by molar-refractivity contribution is 6.07. The zero-order valence-electron chi connectivity index (χ0n) is 16.1. The summed E-state index contributed by atoms with van der Waals surface area (Å²) >= 11 is 0. The van der Waals surface area contributed by atoms with Crippen LogP contribution in [0.15, 0.2) is 79.4 Å². The molecule has 0 unspecified atom stereocenters. The van der Waals surface area contributed by atoms with Gasteiger partial charge in [-0.05, 0) is 28.8 Å². The molecule has 28 heavy (non-hydrogen) atoms. The molecule has 0 aromatic heterocycles. The van der Waals surface area contributed by atoms with Crippen LogP contribution in [0.4, 0.5) is 5.69 Å². The Kier molecular flexibility index (Phi) is 4.78. The third-order valence-corrected chi connectivity index (χ3v) is 5.81. The van der Waals surface area contributed by atoms with Crippen molar-refractivity contribution >= 4 is 22.4 Å². The van der Waals surface area contributed by atoms with E-state index in [0.29, 0.717) is 18.5 Å². The molecule has 1 heterocycles. The van der Waals surface area contributed by atoms with E-state index in [2.05, 4.69) is 31.7 Å². The van der Waals surface area contributed by atoms with E-state index in [1.165, 1.54) is 0 Å². The van der Waals surface area contributed by atoms with Gasteiger partial charge >= 0.3 is 0 Å². The Balaban J connectivity index is 1.80. The van der Waals surface area contributed by atoms with Gasteiger partial charge in [0.05, 0.1) is 12.2 Å². The number of nitrogens with zero attached hydrogens (tertiary/aromatic N) is 1. The molecular weight excluding hydrogens is 346 g/mol. The van der Waals surface area contributed by atoms with E-state index in [1.54, 1.807) is 11.0 Å². The Morgan fingerprint density at radius 3 is 2.57 bits per heavy atom. The highest BCUT2D eigenvalue weighted by Gasteiger charge is 2.53. The van der Waals surface area contributed by atoms with Crippen LogP contribution in [-0.2, 0) is 16.9 Å². The zero-order chi connectivity index (χ0) is 19.7. The summed E-state index contributed by atoms with van der Waals surface area (Å²) in [4.78, 5) is 15.3. The van der Waals surface area contributed by atoms with E-state index >= 15 is 0 Å². The number of aliphatic hydroxyl groups is 1. The van der Waals surface area contributed by atoms with E-state index in [0.717, 1.165) is 28.4 Å². The first-order valence-corrected chi connectivity index (χ1v) is 9.84. The van der Waals surface area contributed by atoms with E-state index in [9.17, 15) is 9.90 Å². The largest absolute Gasteiger partial charge is 0.375 e. The number of carbonyl (C=O) groups excluding carboxylic acids is 1. The van der Waals surface area contributed by atoms with Crippen LogP contribution in [0.5, 0.6) is 0 Å². The standard InChI is InChI=1S/C25H25NO2/c1-3-10-20(4-2)25(28)22-15-7-8-16-23(22)26(24(25)27)17-19-13-9-12-18-11-5-6-14-21(18)19/h4-9,11-16,20,28H,2-3,10,17H2,1H3/t20-,25-/m1/s1. The monoisotopic (exact) mass is 371 g/mol. The van der Waals surface area contributed by atoms with Crippen LogP contribution >= 0.6 is 0 Å². The fourth-order valence-electron chi connectivity index (χ4n) is 4.39. The lowest BCUT2D eigenvalue weighted by atomic mass is 9.79. The average Bonchev–Trinajstić information content (AvgIpc) is 2.95. The number of benzene rings is 3. The molecule has 0 spiro atoms. The minimum absolute atomic E-state index is 0.264. The van der Waals surface area contributed by atoms with Crippen LogP contribution in [-0.4, -0.2) is 11.0 Å². The quantitative estimate of drug-likeness (QED) is 0.607. The van der Waals surface area contributed by atoms with Crippen molar-refractivity contribution in [3.05, 3.63) is 90.5 Å². The summed E-state index contributed by atoms with van der Waals surface area (Å²) in [6, 6.07) is 21.9. The maximum absolute atomic E-state index is 13.5. The summed E-state index contributed by atoms with van der Waals surface area (Å²) in [5.41, 5.74) is 0.972. The van der Waals surface area contributed by atoms with Gasteiger partial charge in [0.2, 0.25) is 0 Å². The third kappa shape index (κ3) is 2.74. The molecule has 0 radical (unpaired) electrons. The minimum Gasteiger partial charge on any atom is -0.375 e. The van der Waals surface area contributed by atoms with Gasteiger partial charge in [-0.2, -0.15) is 0 Å². The third-order valence-electron chi connectivity index (χ3n) is 5.81. The summed E-state index contributed by atoms with van der Waals surface area (Å²) in [7, 11) is 0. The van der Waals surface area contributed by atoms with Crippen LogP contribution in [0.2, 0.25) is 0 Å². The molecule has 1 aliphatic rings. The molecule has 1 amide bonds. The number of hydrogen-bond donors (Lipinski definition) is 1. The smallest absolute Gasteiger partial charge is 0.264 e. The Morgan fingerprint density at radius 2 is 1.79 bits per heavy atom. The Hall–Kier alpha value is -2.91. The van der Waals surface area contributed by atoms with Crippen molar-refractivity contribution in [2.24, 2.45) is 5.92 Å². The molecule has 0 aliphatic carbocycles. The summed E-state index contributed by atoms with van der Waals surface area (Å²) < 4.78 is 0. The van der Waals surface area contributed by atoms with Gasteiger partial charge < -0.3 is 10.0 Å². The maximum Gasteiger partial charge on any atom is 0.264 e. The SMILES string of the molecule is C=C[C@H](CCC)[C@]1(O)C(=O)N(Cc2cccc3ccccc23)c2ccccc21. The van der Waals surface area contributed by atoms with Gasteiger partial charge in [-0.3, -0.25) is 4.79 Å². The van der Waals surface area contributed by atoms with E-state index in [4.69, 9.17) is 0 Å². The number of hydrogen-bond acceptors (Lipinski definition) is 2. The fourth-order valence-corrected chi connectivity index (χ4v) is 4.39. The van der Waals surface area contributed by atoms with Gasteiger partial charge in [0.15, 0.2) is 5.60 Å².